The lowest BCUT2D eigenvalue weighted by atomic mass is 10.3. The summed E-state index contributed by atoms with van der Waals surface area (Å²) in [5.74, 6) is 2.12. The van der Waals surface area contributed by atoms with Gasteiger partial charge in [-0.05, 0) is 61.5 Å². The molecule has 0 aliphatic rings. The molecule has 1 heterocycles. The van der Waals surface area contributed by atoms with E-state index in [9.17, 15) is 0 Å². The van der Waals surface area contributed by atoms with Crippen molar-refractivity contribution in [2.24, 2.45) is 4.99 Å². The van der Waals surface area contributed by atoms with E-state index in [1.165, 1.54) is 5.69 Å². The Balaban J connectivity index is 1.47. The number of methoxy groups -OCH3 is 1. The van der Waals surface area contributed by atoms with Crippen LogP contribution in [0.3, 0.4) is 0 Å². The average molecular weight is 382 g/mol. The van der Waals surface area contributed by atoms with Gasteiger partial charge >= 0.3 is 0 Å². The number of aryl methyl sites for hydroxylation is 1. The van der Waals surface area contributed by atoms with Gasteiger partial charge in [-0.1, -0.05) is 30.3 Å². The molecule has 0 atom stereocenters. The summed E-state index contributed by atoms with van der Waals surface area (Å²) in [6, 6.07) is 27.7. The van der Waals surface area contributed by atoms with E-state index < -0.39 is 0 Å². The van der Waals surface area contributed by atoms with E-state index in [0.29, 0.717) is 11.5 Å². The van der Waals surface area contributed by atoms with Gasteiger partial charge in [0.05, 0.1) is 12.8 Å². The van der Waals surface area contributed by atoms with Gasteiger partial charge in [-0.15, -0.1) is 0 Å². The zero-order valence-electron chi connectivity index (χ0n) is 16.4. The first-order chi connectivity index (χ1) is 14.2. The number of aromatic nitrogens is 1. The van der Waals surface area contributed by atoms with E-state index in [2.05, 4.69) is 40.9 Å². The molecular weight excluding hydrogens is 360 g/mol. The molecule has 0 unspecified atom stereocenters. The predicted octanol–water partition coefficient (Wildman–Crippen LogP) is 6.34. The first-order valence-electron chi connectivity index (χ1n) is 9.42. The molecule has 0 spiro atoms. The van der Waals surface area contributed by atoms with Gasteiger partial charge in [-0.3, -0.25) is 4.99 Å². The van der Waals surface area contributed by atoms with Gasteiger partial charge in [0.2, 0.25) is 0 Å². The molecule has 4 nitrogen and oxygen atoms in total. The first-order valence-corrected chi connectivity index (χ1v) is 9.42. The summed E-state index contributed by atoms with van der Waals surface area (Å²) >= 11 is 0. The molecular formula is C25H22N2O2. The molecule has 0 aliphatic carbocycles. The van der Waals surface area contributed by atoms with Gasteiger partial charge in [-0.25, -0.2) is 0 Å². The molecule has 0 bridgehead atoms. The maximum Gasteiger partial charge on any atom is 0.169 e. The molecule has 3 aromatic carbocycles. The highest BCUT2D eigenvalue weighted by Crippen LogP contribution is 2.31. The van der Waals surface area contributed by atoms with E-state index >= 15 is 0 Å². The number of rotatable bonds is 6. The van der Waals surface area contributed by atoms with Crippen LogP contribution in [0.1, 0.15) is 11.3 Å². The number of hydrogen-bond acceptors (Lipinski definition) is 3. The summed E-state index contributed by atoms with van der Waals surface area (Å²) in [6.45, 7) is 2.09. The largest absolute Gasteiger partial charge is 0.493 e. The second kappa shape index (κ2) is 8.48. The SMILES string of the molecule is COc1ccccc1Oc1ccc(N=Cc2cc(C)n(-c3ccccc3)c2)cc1. The zero-order valence-corrected chi connectivity index (χ0v) is 16.4. The number of benzene rings is 3. The average Bonchev–Trinajstić information content (AvgIpc) is 3.15. The standard InChI is InChI=1S/C25H22N2O2/c1-19-16-20(18-27(19)22-8-4-3-5-9-22)17-26-21-12-14-23(15-13-21)29-25-11-7-6-10-24(25)28-2/h3-18H,1-2H3. The van der Waals surface area contributed by atoms with E-state index in [0.717, 1.165) is 22.7 Å². The smallest absolute Gasteiger partial charge is 0.169 e. The van der Waals surface area contributed by atoms with Crippen LogP contribution >= 0.6 is 0 Å². The molecule has 0 radical (unpaired) electrons. The second-order valence-electron chi connectivity index (χ2n) is 6.63. The number of nitrogens with zero attached hydrogens (tertiary/aromatic N) is 2. The number of ether oxygens (including phenoxy) is 2. The van der Waals surface area contributed by atoms with Crippen LogP contribution in [-0.2, 0) is 0 Å². The Hall–Kier alpha value is -3.79. The van der Waals surface area contributed by atoms with Crippen LogP contribution in [0.2, 0.25) is 0 Å². The van der Waals surface area contributed by atoms with Crippen molar-refractivity contribution >= 4 is 11.9 Å². The molecule has 0 saturated carbocycles. The van der Waals surface area contributed by atoms with Gasteiger partial charge in [-0.2, -0.15) is 0 Å². The normalized spacial score (nSPS) is 11.0. The summed E-state index contributed by atoms with van der Waals surface area (Å²) in [5, 5.41) is 0. The molecule has 4 rings (SSSR count). The summed E-state index contributed by atoms with van der Waals surface area (Å²) in [7, 11) is 1.63. The van der Waals surface area contributed by atoms with Gasteiger partial charge in [0.15, 0.2) is 11.5 Å². The van der Waals surface area contributed by atoms with Crippen molar-refractivity contribution in [3.05, 3.63) is 102 Å². The number of hydrogen-bond donors (Lipinski definition) is 0. The third kappa shape index (κ3) is 4.38. The molecule has 1 aromatic heterocycles. The molecule has 29 heavy (non-hydrogen) atoms. The topological polar surface area (TPSA) is 35.8 Å². The minimum absolute atomic E-state index is 0.684. The second-order valence-corrected chi connectivity index (χ2v) is 6.63. The fourth-order valence-electron chi connectivity index (χ4n) is 3.12. The minimum Gasteiger partial charge on any atom is -0.493 e. The quantitative estimate of drug-likeness (QED) is 0.365. The van der Waals surface area contributed by atoms with Crippen molar-refractivity contribution in [1.82, 2.24) is 4.57 Å². The van der Waals surface area contributed by atoms with Crippen LogP contribution < -0.4 is 9.47 Å². The third-order valence-electron chi connectivity index (χ3n) is 4.56. The van der Waals surface area contributed by atoms with Crippen molar-refractivity contribution < 1.29 is 9.47 Å². The molecule has 0 saturated heterocycles. The molecule has 4 heteroatoms. The van der Waals surface area contributed by atoms with Crippen LogP contribution in [0.25, 0.3) is 5.69 Å². The maximum absolute atomic E-state index is 5.91. The molecule has 4 aromatic rings. The summed E-state index contributed by atoms with van der Waals surface area (Å²) in [4.78, 5) is 4.59. The lowest BCUT2D eigenvalue weighted by Crippen LogP contribution is -1.93. The van der Waals surface area contributed by atoms with Crippen molar-refractivity contribution in [2.75, 3.05) is 7.11 Å². The lowest BCUT2D eigenvalue weighted by Gasteiger charge is -2.09. The Morgan fingerprint density at radius 3 is 2.24 bits per heavy atom. The highest BCUT2D eigenvalue weighted by molar-refractivity contribution is 5.82. The van der Waals surface area contributed by atoms with E-state index in [1.54, 1.807) is 7.11 Å². The van der Waals surface area contributed by atoms with Crippen molar-refractivity contribution in [2.45, 2.75) is 6.92 Å². The van der Waals surface area contributed by atoms with Crippen LogP contribution in [0, 0.1) is 6.92 Å². The van der Waals surface area contributed by atoms with Crippen molar-refractivity contribution in [3.8, 4) is 22.9 Å². The monoisotopic (exact) mass is 382 g/mol. The minimum atomic E-state index is 0.684. The Kier molecular flexibility index (Phi) is 5.43. The summed E-state index contributed by atoms with van der Waals surface area (Å²) in [5.41, 5.74) is 4.23. The Morgan fingerprint density at radius 2 is 1.52 bits per heavy atom. The van der Waals surface area contributed by atoms with Gasteiger partial charge in [0.1, 0.15) is 5.75 Å². The maximum atomic E-state index is 5.91. The van der Waals surface area contributed by atoms with Crippen LogP contribution in [0.15, 0.2) is 96.1 Å². The van der Waals surface area contributed by atoms with Crippen LogP contribution in [0.4, 0.5) is 5.69 Å². The highest BCUT2D eigenvalue weighted by Gasteiger charge is 2.05. The van der Waals surface area contributed by atoms with Crippen molar-refractivity contribution in [3.63, 3.8) is 0 Å². The van der Waals surface area contributed by atoms with Crippen LogP contribution in [-0.4, -0.2) is 17.9 Å². The van der Waals surface area contributed by atoms with Crippen molar-refractivity contribution in [1.29, 1.82) is 0 Å². The molecule has 144 valence electrons. The number of aliphatic imine (C=N–C) groups is 1. The lowest BCUT2D eigenvalue weighted by molar-refractivity contribution is 0.379. The van der Waals surface area contributed by atoms with Gasteiger partial charge in [0.25, 0.3) is 0 Å². The third-order valence-corrected chi connectivity index (χ3v) is 4.56. The first kappa shape index (κ1) is 18.6. The molecule has 0 fully saturated rings. The Labute approximate surface area is 170 Å². The fourth-order valence-corrected chi connectivity index (χ4v) is 3.12. The number of para-hydroxylation sites is 3. The molecule has 0 aliphatic heterocycles. The fraction of sp³-hybridized carbons (Fsp3) is 0.0800. The Bertz CT molecular complexity index is 1110. The summed E-state index contributed by atoms with van der Waals surface area (Å²) in [6.07, 6.45) is 3.97. The predicted molar refractivity (Wildman–Crippen MR) is 117 cm³/mol. The zero-order chi connectivity index (χ0) is 20.1. The summed E-state index contributed by atoms with van der Waals surface area (Å²) < 4.78 is 13.4. The molecule has 0 amide bonds. The van der Waals surface area contributed by atoms with Gasteiger partial charge in [0, 0.05) is 29.4 Å². The van der Waals surface area contributed by atoms with Crippen LogP contribution in [0.5, 0.6) is 17.2 Å². The highest BCUT2D eigenvalue weighted by atomic mass is 16.5. The molecule has 0 N–H and O–H groups in total. The van der Waals surface area contributed by atoms with Gasteiger partial charge < -0.3 is 14.0 Å². The van der Waals surface area contributed by atoms with E-state index in [4.69, 9.17) is 9.47 Å². The Morgan fingerprint density at radius 1 is 0.828 bits per heavy atom. The van der Waals surface area contributed by atoms with E-state index in [-0.39, 0.29) is 0 Å². The van der Waals surface area contributed by atoms with E-state index in [1.807, 2.05) is 72.9 Å².